The summed E-state index contributed by atoms with van der Waals surface area (Å²) in [5, 5.41) is 8.43. The van der Waals surface area contributed by atoms with Gasteiger partial charge in [-0.25, -0.2) is 4.98 Å². The van der Waals surface area contributed by atoms with Crippen LogP contribution in [-0.2, 0) is 16.8 Å². The molecule has 7 nitrogen and oxygen atoms in total. The lowest BCUT2D eigenvalue weighted by Gasteiger charge is -2.16. The molecule has 0 aliphatic heterocycles. The summed E-state index contributed by atoms with van der Waals surface area (Å²) in [5.41, 5.74) is 0.740. The van der Waals surface area contributed by atoms with E-state index in [-0.39, 0.29) is 19.5 Å². The van der Waals surface area contributed by atoms with E-state index in [2.05, 4.69) is 9.71 Å². The number of pyridine rings is 1. The maximum absolute atomic E-state index is 11.8. The third-order valence-corrected chi connectivity index (χ3v) is 3.93. The first-order valence-corrected chi connectivity index (χ1v) is 7.00. The van der Waals surface area contributed by atoms with Gasteiger partial charge in [-0.15, -0.1) is 0 Å². The fourth-order valence-electron chi connectivity index (χ4n) is 1.28. The Kier molecular flexibility index (Phi) is 5.69. The van der Waals surface area contributed by atoms with Crippen LogP contribution < -0.4 is 9.46 Å². The molecule has 1 heterocycles. The first-order valence-electron chi connectivity index (χ1n) is 5.56. The highest BCUT2D eigenvalue weighted by atomic mass is 32.2. The number of nitriles is 1. The van der Waals surface area contributed by atoms with Gasteiger partial charge in [-0.1, -0.05) is 0 Å². The van der Waals surface area contributed by atoms with Crippen molar-refractivity contribution in [3.63, 3.8) is 0 Å². The van der Waals surface area contributed by atoms with Crippen LogP contribution in [0.25, 0.3) is 0 Å². The molecule has 104 valence electrons. The van der Waals surface area contributed by atoms with Crippen LogP contribution in [0.3, 0.4) is 0 Å². The maximum Gasteiger partial charge on any atom is 0.279 e. The van der Waals surface area contributed by atoms with Crippen molar-refractivity contribution in [3.8, 4) is 11.9 Å². The van der Waals surface area contributed by atoms with Crippen molar-refractivity contribution in [2.75, 3.05) is 20.7 Å². The second kappa shape index (κ2) is 7.04. The molecular weight excluding hydrogens is 268 g/mol. The summed E-state index contributed by atoms with van der Waals surface area (Å²) in [6.07, 6.45) is 1.70. The van der Waals surface area contributed by atoms with Gasteiger partial charge >= 0.3 is 0 Å². The summed E-state index contributed by atoms with van der Waals surface area (Å²) in [4.78, 5) is 3.93. The zero-order valence-corrected chi connectivity index (χ0v) is 11.6. The molecule has 0 amide bonds. The van der Waals surface area contributed by atoms with Gasteiger partial charge in [0.05, 0.1) is 13.2 Å². The monoisotopic (exact) mass is 284 g/mol. The molecule has 0 aliphatic rings. The molecule has 1 aromatic heterocycles. The van der Waals surface area contributed by atoms with E-state index in [0.717, 1.165) is 9.87 Å². The van der Waals surface area contributed by atoms with Crippen molar-refractivity contribution < 1.29 is 13.2 Å². The van der Waals surface area contributed by atoms with E-state index in [1.54, 1.807) is 18.3 Å². The molecular formula is C11H16N4O3S. The van der Waals surface area contributed by atoms with Crippen LogP contribution in [0.1, 0.15) is 12.0 Å². The maximum atomic E-state index is 11.8. The molecule has 8 heteroatoms. The van der Waals surface area contributed by atoms with Crippen LogP contribution in [0.4, 0.5) is 0 Å². The molecule has 0 radical (unpaired) electrons. The normalized spacial score (nSPS) is 11.3. The van der Waals surface area contributed by atoms with Gasteiger partial charge in [0.1, 0.15) is 0 Å². The van der Waals surface area contributed by atoms with Gasteiger partial charge in [-0.05, 0) is 11.6 Å². The van der Waals surface area contributed by atoms with Crippen LogP contribution in [0.15, 0.2) is 18.3 Å². The fourth-order valence-corrected chi connectivity index (χ4v) is 2.19. The quantitative estimate of drug-likeness (QED) is 0.775. The van der Waals surface area contributed by atoms with E-state index in [4.69, 9.17) is 10.00 Å². The van der Waals surface area contributed by atoms with Gasteiger partial charge in [0.15, 0.2) is 0 Å². The zero-order chi connectivity index (χ0) is 14.3. The van der Waals surface area contributed by atoms with Crippen LogP contribution in [0.5, 0.6) is 5.88 Å². The van der Waals surface area contributed by atoms with Gasteiger partial charge < -0.3 is 4.74 Å². The van der Waals surface area contributed by atoms with E-state index >= 15 is 0 Å². The Morgan fingerprint density at radius 3 is 2.95 bits per heavy atom. The van der Waals surface area contributed by atoms with E-state index in [1.165, 1.54) is 14.2 Å². The molecule has 0 bridgehead atoms. The second-order valence-electron chi connectivity index (χ2n) is 3.76. The Labute approximate surface area is 113 Å². The van der Waals surface area contributed by atoms with Crippen LogP contribution in [-0.4, -0.2) is 38.4 Å². The Bertz CT molecular complexity index is 553. The SMILES string of the molecule is COc1cc(CNS(=O)(=O)N(C)CCC#N)ccn1. The van der Waals surface area contributed by atoms with E-state index < -0.39 is 10.2 Å². The fraction of sp³-hybridized carbons (Fsp3) is 0.455. The zero-order valence-electron chi connectivity index (χ0n) is 10.8. The first-order chi connectivity index (χ1) is 8.99. The predicted molar refractivity (Wildman–Crippen MR) is 69.4 cm³/mol. The lowest BCUT2D eigenvalue weighted by atomic mass is 10.3. The highest BCUT2D eigenvalue weighted by molar-refractivity contribution is 7.87. The van der Waals surface area contributed by atoms with Crippen molar-refractivity contribution in [2.24, 2.45) is 0 Å². The van der Waals surface area contributed by atoms with Crippen molar-refractivity contribution in [3.05, 3.63) is 23.9 Å². The third-order valence-electron chi connectivity index (χ3n) is 2.42. The summed E-state index contributed by atoms with van der Waals surface area (Å²) in [7, 11) is -0.664. The summed E-state index contributed by atoms with van der Waals surface area (Å²) in [6, 6.07) is 5.25. The van der Waals surface area contributed by atoms with Gasteiger partial charge in [-0.2, -0.15) is 22.7 Å². The average molecular weight is 284 g/mol. The lowest BCUT2D eigenvalue weighted by Crippen LogP contribution is -2.38. The van der Waals surface area contributed by atoms with Crippen molar-refractivity contribution in [1.82, 2.24) is 14.0 Å². The summed E-state index contributed by atoms with van der Waals surface area (Å²) in [5.74, 6) is 0.425. The van der Waals surface area contributed by atoms with Gasteiger partial charge in [0.25, 0.3) is 10.2 Å². The smallest absolute Gasteiger partial charge is 0.279 e. The molecule has 1 rings (SSSR count). The van der Waals surface area contributed by atoms with E-state index in [9.17, 15) is 8.42 Å². The largest absolute Gasteiger partial charge is 0.481 e. The minimum absolute atomic E-state index is 0.137. The molecule has 0 aromatic carbocycles. The van der Waals surface area contributed by atoms with Crippen molar-refractivity contribution >= 4 is 10.2 Å². The molecule has 0 fully saturated rings. The Hall–Kier alpha value is -1.69. The molecule has 0 saturated carbocycles. The van der Waals surface area contributed by atoms with Crippen LogP contribution >= 0.6 is 0 Å². The predicted octanol–water partition coefficient (Wildman–Crippen LogP) is 0.270. The minimum atomic E-state index is -3.58. The summed E-state index contributed by atoms with van der Waals surface area (Å²) >= 11 is 0. The van der Waals surface area contributed by atoms with Crippen LogP contribution in [0, 0.1) is 11.3 Å². The number of nitrogens with one attached hydrogen (secondary N) is 1. The third kappa shape index (κ3) is 4.82. The highest BCUT2D eigenvalue weighted by Crippen LogP contribution is 2.08. The number of methoxy groups -OCH3 is 1. The molecule has 1 aromatic rings. The molecule has 0 spiro atoms. The first kappa shape index (κ1) is 15.4. The summed E-state index contributed by atoms with van der Waals surface area (Å²) in [6.45, 7) is 0.295. The number of hydrogen-bond acceptors (Lipinski definition) is 5. The number of aromatic nitrogens is 1. The average Bonchev–Trinajstić information content (AvgIpc) is 2.42. The topological polar surface area (TPSA) is 95.3 Å². The number of nitrogens with zero attached hydrogens (tertiary/aromatic N) is 3. The number of rotatable bonds is 7. The van der Waals surface area contributed by atoms with Gasteiger partial charge in [-0.3, -0.25) is 0 Å². The number of ether oxygens (including phenoxy) is 1. The van der Waals surface area contributed by atoms with Crippen molar-refractivity contribution in [1.29, 1.82) is 5.26 Å². The molecule has 0 atom stereocenters. The minimum Gasteiger partial charge on any atom is -0.481 e. The summed E-state index contributed by atoms with van der Waals surface area (Å²) < 4.78 is 32.1. The molecule has 19 heavy (non-hydrogen) atoms. The lowest BCUT2D eigenvalue weighted by molar-refractivity contribution is 0.397. The number of hydrogen-bond donors (Lipinski definition) is 1. The Balaban J connectivity index is 2.62. The highest BCUT2D eigenvalue weighted by Gasteiger charge is 2.16. The molecule has 0 saturated heterocycles. The van der Waals surface area contributed by atoms with Crippen molar-refractivity contribution in [2.45, 2.75) is 13.0 Å². The van der Waals surface area contributed by atoms with Gasteiger partial charge in [0, 0.05) is 38.8 Å². The van der Waals surface area contributed by atoms with Crippen LogP contribution in [0.2, 0.25) is 0 Å². The molecule has 1 N–H and O–H groups in total. The van der Waals surface area contributed by atoms with Gasteiger partial charge in [0.2, 0.25) is 5.88 Å². The molecule has 0 aliphatic carbocycles. The standard InChI is InChI=1S/C11H16N4O3S/c1-15(7-3-5-12)19(16,17)14-9-10-4-6-13-11(8-10)18-2/h4,6,8,14H,3,7,9H2,1-2H3. The van der Waals surface area contributed by atoms with E-state index in [0.29, 0.717) is 5.88 Å². The Morgan fingerprint density at radius 1 is 1.58 bits per heavy atom. The molecule has 0 unspecified atom stereocenters. The second-order valence-corrected chi connectivity index (χ2v) is 5.62. The van der Waals surface area contributed by atoms with E-state index in [1.807, 2.05) is 6.07 Å². The Morgan fingerprint density at radius 2 is 2.32 bits per heavy atom.